The van der Waals surface area contributed by atoms with Crippen LogP contribution in [0.2, 0.25) is 0 Å². The maximum absolute atomic E-state index is 11.8. The van der Waals surface area contributed by atoms with Crippen molar-refractivity contribution in [3.05, 3.63) is 11.3 Å². The lowest BCUT2D eigenvalue weighted by molar-refractivity contribution is -0.132. The van der Waals surface area contributed by atoms with Gasteiger partial charge in [0, 0.05) is 30.2 Å². The molecule has 1 aliphatic carbocycles. The third-order valence-electron chi connectivity index (χ3n) is 3.17. The van der Waals surface area contributed by atoms with Crippen LogP contribution >= 0.6 is 0 Å². The molecule has 2 aliphatic rings. The Morgan fingerprint density at radius 1 is 1.07 bits per heavy atom. The average molecular weight is 207 g/mol. The normalized spacial score (nSPS) is 22.5. The molecule has 0 atom stereocenters. The highest BCUT2D eigenvalue weighted by Crippen LogP contribution is 2.33. The number of nitrogens with zero attached hydrogens (tertiary/aromatic N) is 1. The fraction of sp³-hybridized carbons (Fsp3) is 0.667. The first-order valence-electron chi connectivity index (χ1n) is 5.68. The van der Waals surface area contributed by atoms with E-state index in [2.05, 4.69) is 0 Å². The zero-order chi connectivity index (χ0) is 11.0. The second kappa shape index (κ2) is 3.80. The molecule has 82 valence electrons. The summed E-state index contributed by atoms with van der Waals surface area (Å²) in [7, 11) is 0. The second-order valence-corrected chi connectivity index (χ2v) is 4.56. The van der Waals surface area contributed by atoms with Crippen molar-refractivity contribution in [3.8, 4) is 0 Å². The van der Waals surface area contributed by atoms with Gasteiger partial charge in [-0.3, -0.25) is 9.59 Å². The number of ketones is 1. The molecule has 0 saturated heterocycles. The molecule has 0 aromatic heterocycles. The van der Waals surface area contributed by atoms with Crippen LogP contribution in [0, 0.1) is 0 Å². The van der Waals surface area contributed by atoms with Crippen LogP contribution in [0.3, 0.4) is 0 Å². The minimum atomic E-state index is 0.175. The average Bonchev–Trinajstić information content (AvgIpc) is 2.17. The van der Waals surface area contributed by atoms with Crippen molar-refractivity contribution in [1.29, 1.82) is 0 Å². The van der Waals surface area contributed by atoms with Gasteiger partial charge in [0.2, 0.25) is 5.91 Å². The molecule has 0 aromatic rings. The molecule has 0 radical (unpaired) electrons. The molecule has 0 N–H and O–H groups in total. The topological polar surface area (TPSA) is 37.4 Å². The molecule has 0 unspecified atom stereocenters. The smallest absolute Gasteiger partial charge is 0.227 e. The summed E-state index contributed by atoms with van der Waals surface area (Å²) in [4.78, 5) is 25.3. The summed E-state index contributed by atoms with van der Waals surface area (Å²) in [6.07, 6.45) is 3.62. The Labute approximate surface area is 90.1 Å². The zero-order valence-electron chi connectivity index (χ0n) is 9.38. The number of hydrogen-bond acceptors (Lipinski definition) is 2. The van der Waals surface area contributed by atoms with Gasteiger partial charge >= 0.3 is 0 Å². The summed E-state index contributed by atoms with van der Waals surface area (Å²) in [6.45, 7) is 4.01. The van der Waals surface area contributed by atoms with Crippen LogP contribution in [-0.2, 0) is 9.59 Å². The number of hydrogen-bond donors (Lipinski definition) is 0. The zero-order valence-corrected chi connectivity index (χ0v) is 9.38. The number of allylic oxidation sites excluding steroid dienone is 2. The summed E-state index contributed by atoms with van der Waals surface area (Å²) in [6, 6.07) is 0.175. The SMILES string of the molecule is CC(C)N1C(=O)CCC2=C1CCCC2=O. The lowest BCUT2D eigenvalue weighted by Gasteiger charge is -2.36. The van der Waals surface area contributed by atoms with E-state index in [9.17, 15) is 9.59 Å². The van der Waals surface area contributed by atoms with Crippen molar-refractivity contribution in [2.75, 3.05) is 0 Å². The Morgan fingerprint density at radius 2 is 1.80 bits per heavy atom. The van der Waals surface area contributed by atoms with Crippen molar-refractivity contribution >= 4 is 11.7 Å². The first-order valence-corrected chi connectivity index (χ1v) is 5.68. The van der Waals surface area contributed by atoms with Crippen LogP contribution < -0.4 is 0 Å². The molecular weight excluding hydrogens is 190 g/mol. The molecule has 0 saturated carbocycles. The van der Waals surface area contributed by atoms with E-state index in [1.807, 2.05) is 18.7 Å². The molecular formula is C12H17NO2. The summed E-state index contributed by atoms with van der Waals surface area (Å²) in [5.41, 5.74) is 1.94. The number of amides is 1. The molecule has 2 rings (SSSR count). The van der Waals surface area contributed by atoms with Crippen molar-refractivity contribution in [2.24, 2.45) is 0 Å². The highest BCUT2D eigenvalue weighted by molar-refractivity contribution is 5.99. The van der Waals surface area contributed by atoms with E-state index in [0.717, 1.165) is 24.1 Å². The Hall–Kier alpha value is -1.12. The monoisotopic (exact) mass is 207 g/mol. The number of Topliss-reactive ketones (excluding diaryl/α,β-unsaturated/α-hetero) is 1. The largest absolute Gasteiger partial charge is 0.313 e. The van der Waals surface area contributed by atoms with Crippen LogP contribution in [0.15, 0.2) is 11.3 Å². The minimum absolute atomic E-state index is 0.175. The third kappa shape index (κ3) is 1.71. The lowest BCUT2D eigenvalue weighted by atomic mass is 9.87. The van der Waals surface area contributed by atoms with Crippen molar-refractivity contribution in [3.63, 3.8) is 0 Å². The van der Waals surface area contributed by atoms with Gasteiger partial charge in [0.1, 0.15) is 0 Å². The minimum Gasteiger partial charge on any atom is -0.313 e. The highest BCUT2D eigenvalue weighted by Gasteiger charge is 2.32. The van der Waals surface area contributed by atoms with Crippen LogP contribution in [0.5, 0.6) is 0 Å². The van der Waals surface area contributed by atoms with Crippen LogP contribution in [0.4, 0.5) is 0 Å². The van der Waals surface area contributed by atoms with E-state index >= 15 is 0 Å². The summed E-state index contributed by atoms with van der Waals surface area (Å²) >= 11 is 0. The maximum atomic E-state index is 11.8. The molecule has 3 heteroatoms. The first kappa shape index (κ1) is 10.4. The first-order chi connectivity index (χ1) is 7.11. The van der Waals surface area contributed by atoms with E-state index in [-0.39, 0.29) is 17.7 Å². The van der Waals surface area contributed by atoms with Crippen LogP contribution in [0.25, 0.3) is 0 Å². The second-order valence-electron chi connectivity index (χ2n) is 4.56. The molecule has 0 bridgehead atoms. The van der Waals surface area contributed by atoms with E-state index in [4.69, 9.17) is 0 Å². The van der Waals surface area contributed by atoms with Crippen molar-refractivity contribution in [1.82, 2.24) is 4.90 Å². The Bertz CT molecular complexity index is 342. The number of carbonyl (C=O) groups excluding carboxylic acids is 2. The molecule has 15 heavy (non-hydrogen) atoms. The predicted molar refractivity (Wildman–Crippen MR) is 57.1 cm³/mol. The fourth-order valence-electron chi connectivity index (χ4n) is 2.53. The van der Waals surface area contributed by atoms with Gasteiger partial charge in [0.25, 0.3) is 0 Å². The molecule has 0 spiro atoms. The molecule has 1 heterocycles. The Kier molecular flexibility index (Phi) is 2.63. The van der Waals surface area contributed by atoms with E-state index in [1.165, 1.54) is 0 Å². The molecule has 0 aromatic carbocycles. The quantitative estimate of drug-likeness (QED) is 0.659. The summed E-state index contributed by atoms with van der Waals surface area (Å²) < 4.78 is 0. The van der Waals surface area contributed by atoms with Gasteiger partial charge in [-0.25, -0.2) is 0 Å². The van der Waals surface area contributed by atoms with Gasteiger partial charge in [-0.2, -0.15) is 0 Å². The van der Waals surface area contributed by atoms with Gasteiger partial charge < -0.3 is 4.90 Å². The summed E-state index contributed by atoms with van der Waals surface area (Å²) in [5, 5.41) is 0. The van der Waals surface area contributed by atoms with E-state index < -0.39 is 0 Å². The molecule has 1 amide bonds. The van der Waals surface area contributed by atoms with Crippen LogP contribution in [0.1, 0.15) is 46.0 Å². The van der Waals surface area contributed by atoms with Crippen LogP contribution in [-0.4, -0.2) is 22.6 Å². The van der Waals surface area contributed by atoms with Gasteiger partial charge in [0.05, 0.1) is 0 Å². The number of rotatable bonds is 1. The third-order valence-corrected chi connectivity index (χ3v) is 3.17. The molecule has 0 fully saturated rings. The predicted octanol–water partition coefficient (Wildman–Crippen LogP) is 2.02. The molecule has 3 nitrogen and oxygen atoms in total. The standard InChI is InChI=1S/C12H17NO2/c1-8(2)13-10-4-3-5-11(14)9(10)6-7-12(13)15/h8H,3-7H2,1-2H3. The van der Waals surface area contributed by atoms with E-state index in [0.29, 0.717) is 19.3 Å². The van der Waals surface area contributed by atoms with Crippen molar-refractivity contribution < 1.29 is 9.59 Å². The Balaban J connectivity index is 2.40. The van der Waals surface area contributed by atoms with Gasteiger partial charge in [-0.05, 0) is 33.1 Å². The highest BCUT2D eigenvalue weighted by atomic mass is 16.2. The Morgan fingerprint density at radius 3 is 2.47 bits per heavy atom. The fourth-order valence-corrected chi connectivity index (χ4v) is 2.53. The maximum Gasteiger partial charge on any atom is 0.227 e. The molecule has 1 aliphatic heterocycles. The number of carbonyl (C=O) groups is 2. The van der Waals surface area contributed by atoms with Gasteiger partial charge in [0.15, 0.2) is 5.78 Å². The van der Waals surface area contributed by atoms with Crippen molar-refractivity contribution in [2.45, 2.75) is 52.0 Å². The van der Waals surface area contributed by atoms with Gasteiger partial charge in [-0.15, -0.1) is 0 Å². The van der Waals surface area contributed by atoms with Gasteiger partial charge in [-0.1, -0.05) is 0 Å². The lowest BCUT2D eigenvalue weighted by Crippen LogP contribution is -2.41. The van der Waals surface area contributed by atoms with E-state index in [1.54, 1.807) is 0 Å². The summed E-state index contributed by atoms with van der Waals surface area (Å²) in [5.74, 6) is 0.438.